The molecule has 1 unspecified atom stereocenters. The molecule has 1 atom stereocenters. The Kier molecular flexibility index (Phi) is 4.86. The molecule has 1 fully saturated rings. The van der Waals surface area contributed by atoms with Gasteiger partial charge in [0.05, 0.1) is 0 Å². The average molecular weight is 317 g/mol. The predicted molar refractivity (Wildman–Crippen MR) is 82.4 cm³/mol. The minimum atomic E-state index is -3.47. The zero-order valence-electron chi connectivity index (χ0n) is 12.2. The summed E-state index contributed by atoms with van der Waals surface area (Å²) in [4.78, 5) is 3.33. The lowest BCUT2D eigenvalue weighted by Gasteiger charge is -2.24. The second kappa shape index (κ2) is 6.11. The summed E-state index contributed by atoms with van der Waals surface area (Å²) < 4.78 is 27.6. The number of thiophene rings is 1. The van der Waals surface area contributed by atoms with Crippen LogP contribution >= 0.6 is 11.3 Å². The lowest BCUT2D eigenvalue weighted by atomic mass is 10.3. The fourth-order valence-corrected chi connectivity index (χ4v) is 5.10. The largest absolute Gasteiger partial charge is 0.326 e. The normalized spacial score (nSPS) is 17.6. The summed E-state index contributed by atoms with van der Waals surface area (Å²) in [6, 6.07) is 0.814. The van der Waals surface area contributed by atoms with Crippen LogP contribution in [0.3, 0.4) is 0 Å². The van der Waals surface area contributed by atoms with Crippen molar-refractivity contribution in [1.29, 1.82) is 0 Å². The molecule has 0 amide bonds. The third-order valence-electron chi connectivity index (χ3n) is 3.83. The molecule has 0 saturated heterocycles. The topological polar surface area (TPSA) is 75.4 Å². The Morgan fingerprint density at radius 3 is 2.75 bits per heavy atom. The number of likely N-dealkylation sites (N-methyl/N-ethyl adjacent to an activating group) is 1. The summed E-state index contributed by atoms with van der Waals surface area (Å²) in [7, 11) is -1.42. The Hall–Kier alpha value is -0.470. The van der Waals surface area contributed by atoms with E-state index >= 15 is 0 Å². The van der Waals surface area contributed by atoms with Crippen LogP contribution in [-0.4, -0.2) is 39.0 Å². The maximum atomic E-state index is 12.4. The summed E-state index contributed by atoms with van der Waals surface area (Å²) >= 11 is 1.40. The third kappa shape index (κ3) is 3.40. The number of nitrogens with one attached hydrogen (secondary N) is 1. The van der Waals surface area contributed by atoms with Crippen molar-refractivity contribution in [2.75, 3.05) is 13.6 Å². The van der Waals surface area contributed by atoms with Crippen LogP contribution in [0.5, 0.6) is 0 Å². The molecule has 114 valence electrons. The molecular weight excluding hydrogens is 294 g/mol. The van der Waals surface area contributed by atoms with Gasteiger partial charge in [0.2, 0.25) is 10.0 Å². The Morgan fingerprint density at radius 1 is 1.55 bits per heavy atom. The van der Waals surface area contributed by atoms with Gasteiger partial charge in [-0.15, -0.1) is 11.3 Å². The van der Waals surface area contributed by atoms with Crippen molar-refractivity contribution in [3.63, 3.8) is 0 Å². The molecule has 1 saturated carbocycles. The van der Waals surface area contributed by atoms with Gasteiger partial charge < -0.3 is 5.73 Å². The Labute approximate surface area is 125 Å². The van der Waals surface area contributed by atoms with Crippen LogP contribution in [0.15, 0.2) is 10.3 Å². The van der Waals surface area contributed by atoms with Crippen LogP contribution < -0.4 is 10.5 Å². The summed E-state index contributed by atoms with van der Waals surface area (Å²) in [5.41, 5.74) is 6.39. The lowest BCUT2D eigenvalue weighted by Crippen LogP contribution is -2.41. The highest BCUT2D eigenvalue weighted by Crippen LogP contribution is 2.28. The Bertz CT molecular complexity index is 564. The molecule has 0 bridgehead atoms. The fourth-order valence-electron chi connectivity index (χ4n) is 2.28. The highest BCUT2D eigenvalue weighted by molar-refractivity contribution is 7.89. The number of nitrogens with two attached hydrogens (primary N) is 1. The molecule has 1 aromatic heterocycles. The monoisotopic (exact) mass is 317 g/mol. The van der Waals surface area contributed by atoms with Crippen LogP contribution in [0.1, 0.15) is 30.2 Å². The maximum Gasteiger partial charge on any atom is 0.242 e. The molecule has 3 N–H and O–H groups in total. The van der Waals surface area contributed by atoms with Gasteiger partial charge in [-0.25, -0.2) is 13.1 Å². The number of hydrogen-bond acceptors (Lipinski definition) is 5. The van der Waals surface area contributed by atoms with Gasteiger partial charge in [-0.1, -0.05) is 0 Å². The standard InChI is InChI=1S/C13H23N3O2S2/c1-9-8-19-12(6-14)13(9)20(17,18)15-7-10(2)16(3)11-4-5-11/h8,10-11,15H,4-7,14H2,1-3H3. The number of nitrogens with zero attached hydrogens (tertiary/aromatic N) is 1. The van der Waals surface area contributed by atoms with Crippen molar-refractivity contribution in [2.24, 2.45) is 5.73 Å². The summed E-state index contributed by atoms with van der Waals surface area (Å²) in [5.74, 6) is 0. The van der Waals surface area contributed by atoms with Crippen molar-refractivity contribution in [2.45, 2.75) is 50.2 Å². The van der Waals surface area contributed by atoms with Crippen LogP contribution in [0, 0.1) is 6.92 Å². The van der Waals surface area contributed by atoms with Crippen LogP contribution in [0.2, 0.25) is 0 Å². The summed E-state index contributed by atoms with van der Waals surface area (Å²) in [5, 5.41) is 1.84. The molecule has 1 heterocycles. The molecule has 1 aliphatic rings. The molecule has 7 heteroatoms. The van der Waals surface area contributed by atoms with E-state index in [-0.39, 0.29) is 12.6 Å². The zero-order chi connectivity index (χ0) is 14.9. The predicted octanol–water partition coefficient (Wildman–Crippen LogP) is 1.28. The molecule has 1 aliphatic carbocycles. The van der Waals surface area contributed by atoms with Gasteiger partial charge in [0, 0.05) is 30.1 Å². The molecule has 0 spiro atoms. The van der Waals surface area contributed by atoms with Gasteiger partial charge in [0.25, 0.3) is 0 Å². The number of hydrogen-bond donors (Lipinski definition) is 2. The van der Waals surface area contributed by atoms with Gasteiger partial charge in [-0.3, -0.25) is 4.90 Å². The molecule has 1 aromatic rings. The third-order valence-corrected chi connectivity index (χ3v) is 6.74. The zero-order valence-corrected chi connectivity index (χ0v) is 13.9. The van der Waals surface area contributed by atoms with E-state index in [1.54, 1.807) is 0 Å². The quantitative estimate of drug-likeness (QED) is 0.794. The minimum Gasteiger partial charge on any atom is -0.326 e. The van der Waals surface area contributed by atoms with E-state index in [0.717, 1.165) is 10.4 Å². The maximum absolute atomic E-state index is 12.4. The smallest absolute Gasteiger partial charge is 0.242 e. The number of aryl methyl sites for hydroxylation is 1. The molecule has 0 radical (unpaired) electrons. The van der Waals surface area contributed by atoms with Crippen molar-refractivity contribution >= 4 is 21.4 Å². The van der Waals surface area contributed by atoms with E-state index in [1.807, 2.05) is 19.2 Å². The van der Waals surface area contributed by atoms with Gasteiger partial charge in [-0.2, -0.15) is 0 Å². The van der Waals surface area contributed by atoms with E-state index < -0.39 is 10.0 Å². The van der Waals surface area contributed by atoms with E-state index in [2.05, 4.69) is 16.7 Å². The second-order valence-corrected chi connectivity index (χ2v) is 8.14. The highest BCUT2D eigenvalue weighted by atomic mass is 32.2. The van der Waals surface area contributed by atoms with E-state index in [0.29, 0.717) is 17.5 Å². The molecule has 0 aliphatic heterocycles. The van der Waals surface area contributed by atoms with Gasteiger partial charge in [-0.05, 0) is 44.7 Å². The first kappa shape index (κ1) is 15.9. The average Bonchev–Trinajstić information content (AvgIpc) is 3.17. The Balaban J connectivity index is 2.05. The van der Waals surface area contributed by atoms with Crippen molar-refractivity contribution < 1.29 is 8.42 Å². The number of rotatable bonds is 7. The summed E-state index contributed by atoms with van der Waals surface area (Å²) in [6.07, 6.45) is 2.43. The fraction of sp³-hybridized carbons (Fsp3) is 0.692. The van der Waals surface area contributed by atoms with Crippen LogP contribution in [0.4, 0.5) is 0 Å². The van der Waals surface area contributed by atoms with E-state index in [9.17, 15) is 8.42 Å². The van der Waals surface area contributed by atoms with Gasteiger partial charge >= 0.3 is 0 Å². The van der Waals surface area contributed by atoms with Crippen molar-refractivity contribution in [3.05, 3.63) is 15.8 Å². The van der Waals surface area contributed by atoms with Crippen LogP contribution in [0.25, 0.3) is 0 Å². The first-order valence-corrected chi connectivity index (χ1v) is 9.21. The van der Waals surface area contributed by atoms with E-state index in [4.69, 9.17) is 5.73 Å². The Morgan fingerprint density at radius 2 is 2.20 bits per heavy atom. The van der Waals surface area contributed by atoms with E-state index in [1.165, 1.54) is 24.2 Å². The highest BCUT2D eigenvalue weighted by Gasteiger charge is 2.30. The first-order valence-electron chi connectivity index (χ1n) is 6.85. The lowest BCUT2D eigenvalue weighted by molar-refractivity contribution is 0.248. The summed E-state index contributed by atoms with van der Waals surface area (Å²) in [6.45, 7) is 4.54. The van der Waals surface area contributed by atoms with Crippen molar-refractivity contribution in [3.8, 4) is 0 Å². The van der Waals surface area contributed by atoms with Crippen molar-refractivity contribution in [1.82, 2.24) is 9.62 Å². The van der Waals surface area contributed by atoms with Gasteiger partial charge in [0.15, 0.2) is 0 Å². The minimum absolute atomic E-state index is 0.192. The molecule has 2 rings (SSSR count). The van der Waals surface area contributed by atoms with Crippen LogP contribution in [-0.2, 0) is 16.6 Å². The number of sulfonamides is 1. The second-order valence-electron chi connectivity index (χ2n) is 5.47. The SMILES string of the molecule is Cc1csc(CN)c1S(=O)(=O)NCC(C)N(C)C1CC1. The molecule has 5 nitrogen and oxygen atoms in total. The first-order chi connectivity index (χ1) is 9.36. The molecule has 20 heavy (non-hydrogen) atoms. The van der Waals surface area contributed by atoms with Gasteiger partial charge in [0.1, 0.15) is 4.90 Å². The molecular formula is C13H23N3O2S2. The molecule has 0 aromatic carbocycles.